The van der Waals surface area contributed by atoms with E-state index in [-0.39, 0.29) is 5.56 Å². The van der Waals surface area contributed by atoms with Crippen LogP contribution in [0.1, 0.15) is 15.9 Å². The van der Waals surface area contributed by atoms with Gasteiger partial charge < -0.3 is 10.8 Å². The Morgan fingerprint density at radius 1 is 1.29 bits per heavy atom. The average molecular weight is 304 g/mol. The van der Waals surface area contributed by atoms with Gasteiger partial charge in [-0.2, -0.15) is 0 Å². The molecule has 0 fully saturated rings. The van der Waals surface area contributed by atoms with E-state index >= 15 is 0 Å². The summed E-state index contributed by atoms with van der Waals surface area (Å²) < 4.78 is 0. The van der Waals surface area contributed by atoms with E-state index < -0.39 is 16.6 Å². The first-order chi connectivity index (χ1) is 9.99. The molecule has 0 aliphatic rings. The summed E-state index contributed by atoms with van der Waals surface area (Å²) >= 11 is 1.37. The van der Waals surface area contributed by atoms with Crippen LogP contribution >= 0.6 is 11.8 Å². The standard InChI is InChI=1S/C14H12N2O4S/c15-10-4-2-5-11(7-10)21-8-9-3-1-6-12(16(19)20)13(9)14(17)18/h1-7H,8,15H2,(H,17,18). The van der Waals surface area contributed by atoms with E-state index in [1.807, 2.05) is 6.07 Å². The number of hydrogen-bond acceptors (Lipinski definition) is 5. The molecule has 21 heavy (non-hydrogen) atoms. The third-order valence-corrected chi connectivity index (χ3v) is 3.83. The topological polar surface area (TPSA) is 106 Å². The Morgan fingerprint density at radius 2 is 2.00 bits per heavy atom. The summed E-state index contributed by atoms with van der Waals surface area (Å²) in [6.45, 7) is 0. The average Bonchev–Trinajstić information content (AvgIpc) is 2.44. The number of nitro groups is 1. The molecule has 0 radical (unpaired) electrons. The lowest BCUT2D eigenvalue weighted by Crippen LogP contribution is -2.06. The minimum absolute atomic E-state index is 0.265. The lowest BCUT2D eigenvalue weighted by Gasteiger charge is -2.07. The van der Waals surface area contributed by atoms with Crippen LogP contribution in [0.3, 0.4) is 0 Å². The van der Waals surface area contributed by atoms with Crippen LogP contribution in [0.4, 0.5) is 11.4 Å². The van der Waals surface area contributed by atoms with Crippen molar-refractivity contribution in [3.63, 3.8) is 0 Å². The Hall–Kier alpha value is -2.54. The van der Waals surface area contributed by atoms with Gasteiger partial charge in [0.1, 0.15) is 5.56 Å². The number of nitro benzene ring substituents is 1. The quantitative estimate of drug-likeness (QED) is 0.380. The van der Waals surface area contributed by atoms with Gasteiger partial charge in [-0.05, 0) is 23.8 Å². The molecule has 0 saturated heterocycles. The number of rotatable bonds is 5. The van der Waals surface area contributed by atoms with Crippen LogP contribution in [0.5, 0.6) is 0 Å². The number of aromatic carboxylic acids is 1. The summed E-state index contributed by atoms with van der Waals surface area (Å²) in [7, 11) is 0. The molecule has 2 aromatic rings. The highest BCUT2D eigenvalue weighted by molar-refractivity contribution is 7.98. The first-order valence-electron chi connectivity index (χ1n) is 5.97. The van der Waals surface area contributed by atoms with Crippen LogP contribution in [0.2, 0.25) is 0 Å². The van der Waals surface area contributed by atoms with Gasteiger partial charge in [-0.3, -0.25) is 10.1 Å². The van der Waals surface area contributed by atoms with E-state index in [0.29, 0.717) is 17.0 Å². The SMILES string of the molecule is Nc1cccc(SCc2cccc([N+](=O)[O-])c2C(=O)O)c1. The summed E-state index contributed by atoms with van der Waals surface area (Å²) in [4.78, 5) is 22.4. The normalized spacial score (nSPS) is 10.3. The van der Waals surface area contributed by atoms with Crippen LogP contribution in [0.25, 0.3) is 0 Å². The van der Waals surface area contributed by atoms with E-state index in [4.69, 9.17) is 5.73 Å². The van der Waals surface area contributed by atoms with E-state index in [1.165, 1.54) is 23.9 Å². The fraction of sp³-hybridized carbons (Fsp3) is 0.0714. The van der Waals surface area contributed by atoms with Crippen molar-refractivity contribution < 1.29 is 14.8 Å². The highest BCUT2D eigenvalue weighted by Crippen LogP contribution is 2.29. The van der Waals surface area contributed by atoms with Crippen LogP contribution in [-0.4, -0.2) is 16.0 Å². The van der Waals surface area contributed by atoms with Gasteiger partial charge in [-0.15, -0.1) is 11.8 Å². The summed E-state index contributed by atoms with van der Waals surface area (Å²) in [5.74, 6) is -0.988. The molecule has 0 atom stereocenters. The summed E-state index contributed by atoms with van der Waals surface area (Å²) in [6, 6.07) is 11.4. The summed E-state index contributed by atoms with van der Waals surface area (Å²) in [6.07, 6.45) is 0. The Kier molecular flexibility index (Phi) is 4.44. The van der Waals surface area contributed by atoms with Crippen molar-refractivity contribution in [2.75, 3.05) is 5.73 Å². The number of nitrogens with two attached hydrogens (primary N) is 1. The predicted octanol–water partition coefficient (Wildman–Crippen LogP) is 3.17. The van der Waals surface area contributed by atoms with Crippen LogP contribution < -0.4 is 5.73 Å². The number of thioether (sulfide) groups is 1. The van der Waals surface area contributed by atoms with Gasteiger partial charge in [0, 0.05) is 22.4 Å². The summed E-state index contributed by atoms with van der Waals surface area (Å²) in [5, 5.41) is 20.1. The molecule has 6 nitrogen and oxygen atoms in total. The second-order valence-corrected chi connectivity index (χ2v) is 5.28. The molecule has 3 N–H and O–H groups in total. The van der Waals surface area contributed by atoms with Crippen LogP contribution in [0.15, 0.2) is 47.4 Å². The Bertz CT molecular complexity index is 703. The molecule has 108 valence electrons. The molecule has 2 rings (SSSR count). The number of anilines is 1. The zero-order valence-corrected chi connectivity index (χ0v) is 11.7. The molecule has 0 saturated carbocycles. The first kappa shape index (κ1) is 14.9. The monoisotopic (exact) mass is 304 g/mol. The van der Waals surface area contributed by atoms with Gasteiger partial charge in [0.25, 0.3) is 5.69 Å². The molecule has 0 bridgehead atoms. The van der Waals surface area contributed by atoms with E-state index in [0.717, 1.165) is 4.90 Å². The van der Waals surface area contributed by atoms with Crippen molar-refractivity contribution in [2.45, 2.75) is 10.6 Å². The number of hydrogen-bond donors (Lipinski definition) is 2. The lowest BCUT2D eigenvalue weighted by molar-refractivity contribution is -0.385. The number of nitrogen functional groups attached to an aromatic ring is 1. The fourth-order valence-electron chi connectivity index (χ4n) is 1.87. The fourth-order valence-corrected chi connectivity index (χ4v) is 2.83. The Labute approximate surface area is 124 Å². The molecule has 0 unspecified atom stereocenters. The van der Waals surface area contributed by atoms with Crippen LogP contribution in [0, 0.1) is 10.1 Å². The molecule has 2 aromatic carbocycles. The molecule has 0 spiro atoms. The van der Waals surface area contributed by atoms with Gasteiger partial charge in [-0.1, -0.05) is 18.2 Å². The van der Waals surface area contributed by atoms with Crippen LogP contribution in [-0.2, 0) is 5.75 Å². The maximum atomic E-state index is 11.3. The number of benzene rings is 2. The molecule has 0 heterocycles. The van der Waals surface area contributed by atoms with Gasteiger partial charge in [0.05, 0.1) is 4.92 Å². The number of carboxylic acid groups (broad SMARTS) is 1. The van der Waals surface area contributed by atoms with E-state index in [2.05, 4.69) is 0 Å². The maximum absolute atomic E-state index is 11.3. The molecule has 0 amide bonds. The number of nitrogens with zero attached hydrogens (tertiary/aromatic N) is 1. The maximum Gasteiger partial charge on any atom is 0.343 e. The second kappa shape index (κ2) is 6.27. The zero-order chi connectivity index (χ0) is 15.4. The van der Waals surface area contributed by atoms with Crippen molar-refractivity contribution in [3.05, 3.63) is 63.7 Å². The predicted molar refractivity (Wildman–Crippen MR) is 80.5 cm³/mol. The zero-order valence-electron chi connectivity index (χ0n) is 10.9. The molecule has 0 aliphatic heterocycles. The summed E-state index contributed by atoms with van der Waals surface area (Å²) in [5.41, 5.74) is 6.03. The molecular weight excluding hydrogens is 292 g/mol. The minimum Gasteiger partial charge on any atom is -0.477 e. The van der Waals surface area contributed by atoms with Crippen molar-refractivity contribution in [2.24, 2.45) is 0 Å². The van der Waals surface area contributed by atoms with E-state index in [9.17, 15) is 20.0 Å². The lowest BCUT2D eigenvalue weighted by atomic mass is 10.1. The van der Waals surface area contributed by atoms with Gasteiger partial charge in [-0.25, -0.2) is 4.79 Å². The van der Waals surface area contributed by atoms with Gasteiger partial charge >= 0.3 is 5.97 Å². The van der Waals surface area contributed by atoms with Crippen molar-refractivity contribution in [1.82, 2.24) is 0 Å². The van der Waals surface area contributed by atoms with E-state index in [1.54, 1.807) is 24.3 Å². The largest absolute Gasteiger partial charge is 0.477 e. The number of carbonyl (C=O) groups is 1. The number of carboxylic acids is 1. The van der Waals surface area contributed by atoms with Gasteiger partial charge in [0.15, 0.2) is 0 Å². The van der Waals surface area contributed by atoms with Gasteiger partial charge in [0.2, 0.25) is 0 Å². The third-order valence-electron chi connectivity index (χ3n) is 2.79. The smallest absolute Gasteiger partial charge is 0.343 e. The molecule has 7 heteroatoms. The highest BCUT2D eigenvalue weighted by Gasteiger charge is 2.23. The highest BCUT2D eigenvalue weighted by atomic mass is 32.2. The molecule has 0 aliphatic carbocycles. The van der Waals surface area contributed by atoms with Crippen molar-refractivity contribution in [1.29, 1.82) is 0 Å². The first-order valence-corrected chi connectivity index (χ1v) is 6.95. The molecule has 0 aromatic heterocycles. The Balaban J connectivity index is 2.30. The second-order valence-electron chi connectivity index (χ2n) is 4.23. The van der Waals surface area contributed by atoms with Crippen molar-refractivity contribution >= 4 is 29.1 Å². The van der Waals surface area contributed by atoms with Crippen molar-refractivity contribution in [3.8, 4) is 0 Å². The third kappa shape index (κ3) is 3.51. The Morgan fingerprint density at radius 3 is 2.62 bits per heavy atom. The minimum atomic E-state index is -1.30. The molecular formula is C14H12N2O4S.